The quantitative estimate of drug-likeness (QED) is 0.310. The summed E-state index contributed by atoms with van der Waals surface area (Å²) < 4.78 is 25.2. The first-order valence-corrected chi connectivity index (χ1v) is 3.09. The number of hydrazine groups is 1. The molecule has 0 aliphatic heterocycles. The summed E-state index contributed by atoms with van der Waals surface area (Å²) in [5.41, 5.74) is -0.287. The first-order valence-electron chi connectivity index (χ1n) is 3.09. The van der Waals surface area contributed by atoms with Crippen LogP contribution in [0.1, 0.15) is 0 Å². The van der Waals surface area contributed by atoms with Crippen LogP contribution < -0.4 is 10.9 Å². The van der Waals surface area contributed by atoms with Crippen molar-refractivity contribution >= 4 is 12.1 Å². The molecule has 0 unspecified atom stereocenters. The smallest absolute Gasteiger partial charge is 0.228 e. The Kier molecular flexibility index (Phi) is 2.35. The Morgan fingerprint density at radius 2 is 2.08 bits per heavy atom. The van der Waals surface area contributed by atoms with Gasteiger partial charge in [0.2, 0.25) is 6.41 Å². The lowest BCUT2D eigenvalue weighted by Crippen LogP contribution is -2.29. The van der Waals surface area contributed by atoms with Crippen LogP contribution in [0.15, 0.2) is 18.2 Å². The van der Waals surface area contributed by atoms with E-state index in [2.05, 4.69) is 0 Å². The van der Waals surface area contributed by atoms with Crippen LogP contribution >= 0.6 is 0 Å². The second-order valence-corrected chi connectivity index (χ2v) is 2.11. The Balaban J connectivity index is 3.12. The molecule has 5 heteroatoms. The number of anilines is 1. The molecule has 0 spiro atoms. The molecule has 12 heavy (non-hydrogen) atoms. The third kappa shape index (κ3) is 1.57. The normalized spacial score (nSPS) is 9.58. The molecular formula is C7H6F2N2O. The zero-order chi connectivity index (χ0) is 9.14. The summed E-state index contributed by atoms with van der Waals surface area (Å²) >= 11 is 0. The second-order valence-electron chi connectivity index (χ2n) is 2.11. The predicted molar refractivity (Wildman–Crippen MR) is 39.1 cm³/mol. The second kappa shape index (κ2) is 3.27. The molecule has 0 saturated carbocycles. The van der Waals surface area contributed by atoms with Gasteiger partial charge in [-0.25, -0.2) is 19.6 Å². The number of nitrogens with two attached hydrogens (primary N) is 1. The van der Waals surface area contributed by atoms with Crippen molar-refractivity contribution in [2.45, 2.75) is 0 Å². The number of hydrogen-bond donors (Lipinski definition) is 1. The van der Waals surface area contributed by atoms with Crippen LogP contribution in [0.4, 0.5) is 14.5 Å². The molecule has 3 nitrogen and oxygen atoms in total. The van der Waals surface area contributed by atoms with E-state index in [9.17, 15) is 13.6 Å². The molecule has 0 aliphatic carbocycles. The topological polar surface area (TPSA) is 46.3 Å². The van der Waals surface area contributed by atoms with E-state index in [-0.39, 0.29) is 12.1 Å². The van der Waals surface area contributed by atoms with E-state index in [4.69, 9.17) is 5.84 Å². The molecule has 0 saturated heterocycles. The van der Waals surface area contributed by atoms with Crippen molar-refractivity contribution in [1.29, 1.82) is 0 Å². The van der Waals surface area contributed by atoms with Gasteiger partial charge < -0.3 is 0 Å². The van der Waals surface area contributed by atoms with Crippen LogP contribution in [-0.2, 0) is 4.79 Å². The third-order valence-electron chi connectivity index (χ3n) is 1.30. The Hall–Kier alpha value is -1.49. The van der Waals surface area contributed by atoms with Crippen molar-refractivity contribution < 1.29 is 13.6 Å². The monoisotopic (exact) mass is 172 g/mol. The first kappa shape index (κ1) is 8.61. The lowest BCUT2D eigenvalue weighted by Gasteiger charge is -2.10. The van der Waals surface area contributed by atoms with Gasteiger partial charge in [-0.05, 0) is 12.1 Å². The zero-order valence-electron chi connectivity index (χ0n) is 6.00. The predicted octanol–water partition coefficient (Wildman–Crippen LogP) is 0.801. The maximum atomic E-state index is 12.8. The van der Waals surface area contributed by atoms with Crippen LogP contribution in [-0.4, -0.2) is 6.41 Å². The fourth-order valence-electron chi connectivity index (χ4n) is 0.740. The van der Waals surface area contributed by atoms with Gasteiger partial charge in [-0.2, -0.15) is 0 Å². The highest BCUT2D eigenvalue weighted by molar-refractivity contribution is 5.73. The molecular weight excluding hydrogens is 166 g/mol. The standard InChI is InChI=1S/C7H6F2N2O/c8-5-1-2-6(9)7(3-5)11(10)4-12/h1-4H,10H2. The average molecular weight is 172 g/mol. The van der Waals surface area contributed by atoms with Crippen LogP contribution in [0.25, 0.3) is 0 Å². The van der Waals surface area contributed by atoms with E-state index in [1.165, 1.54) is 0 Å². The van der Waals surface area contributed by atoms with Gasteiger partial charge in [-0.15, -0.1) is 0 Å². The minimum Gasteiger partial charge on any atom is -0.277 e. The van der Waals surface area contributed by atoms with Gasteiger partial charge in [-0.1, -0.05) is 0 Å². The number of rotatable bonds is 2. The molecule has 1 amide bonds. The number of nitrogens with zero attached hydrogens (tertiary/aromatic N) is 1. The fourth-order valence-corrected chi connectivity index (χ4v) is 0.740. The first-order chi connectivity index (χ1) is 5.65. The van der Waals surface area contributed by atoms with Crippen molar-refractivity contribution in [1.82, 2.24) is 0 Å². The number of halogens is 2. The summed E-state index contributed by atoms with van der Waals surface area (Å²) in [7, 11) is 0. The lowest BCUT2D eigenvalue weighted by molar-refractivity contribution is -0.107. The number of amides is 1. The molecule has 1 rings (SSSR count). The van der Waals surface area contributed by atoms with Gasteiger partial charge in [0.05, 0.1) is 5.69 Å². The van der Waals surface area contributed by atoms with Gasteiger partial charge in [0.1, 0.15) is 11.6 Å². The molecule has 0 aliphatic rings. The van der Waals surface area contributed by atoms with E-state index in [1.54, 1.807) is 0 Å². The minimum absolute atomic E-state index is 0.192. The highest BCUT2D eigenvalue weighted by Gasteiger charge is 2.07. The molecule has 0 bridgehead atoms. The van der Waals surface area contributed by atoms with E-state index < -0.39 is 11.6 Å². The van der Waals surface area contributed by atoms with Crippen LogP contribution in [0, 0.1) is 11.6 Å². The maximum Gasteiger partial charge on any atom is 0.228 e. The van der Waals surface area contributed by atoms with Crippen LogP contribution in [0.5, 0.6) is 0 Å². The summed E-state index contributed by atoms with van der Waals surface area (Å²) in [5, 5.41) is 0.471. The maximum absolute atomic E-state index is 12.8. The molecule has 1 aromatic rings. The highest BCUT2D eigenvalue weighted by Crippen LogP contribution is 2.16. The van der Waals surface area contributed by atoms with Gasteiger partial charge in [0.25, 0.3) is 0 Å². The molecule has 0 atom stereocenters. The fraction of sp³-hybridized carbons (Fsp3) is 0. The van der Waals surface area contributed by atoms with Gasteiger partial charge >= 0.3 is 0 Å². The van der Waals surface area contributed by atoms with Crippen LogP contribution in [0.3, 0.4) is 0 Å². The molecule has 1 aromatic carbocycles. The van der Waals surface area contributed by atoms with Crippen molar-refractivity contribution in [3.8, 4) is 0 Å². The van der Waals surface area contributed by atoms with Crippen LogP contribution in [0.2, 0.25) is 0 Å². The number of carbonyl (C=O) groups excluding carboxylic acids is 1. The summed E-state index contributed by atoms with van der Waals surface area (Å²) in [4.78, 5) is 10.1. The Bertz CT molecular complexity index is 303. The molecule has 0 fully saturated rings. The minimum atomic E-state index is -0.744. The molecule has 0 heterocycles. The largest absolute Gasteiger partial charge is 0.277 e. The van der Waals surface area contributed by atoms with Crippen molar-refractivity contribution in [2.75, 3.05) is 5.01 Å². The van der Waals surface area contributed by atoms with E-state index >= 15 is 0 Å². The summed E-state index contributed by atoms with van der Waals surface area (Å²) in [6.07, 6.45) is 0.192. The molecule has 0 aromatic heterocycles. The molecule has 0 radical (unpaired) electrons. The highest BCUT2D eigenvalue weighted by atomic mass is 19.1. The molecule has 2 N–H and O–H groups in total. The zero-order valence-corrected chi connectivity index (χ0v) is 6.00. The SMILES string of the molecule is NN(C=O)c1cc(F)ccc1F. The van der Waals surface area contributed by atoms with Gasteiger partial charge in [-0.3, -0.25) is 4.79 Å². The Morgan fingerprint density at radius 3 is 2.67 bits per heavy atom. The van der Waals surface area contributed by atoms with E-state index in [1.807, 2.05) is 0 Å². The lowest BCUT2D eigenvalue weighted by atomic mass is 10.3. The Labute approximate surface area is 67.4 Å². The number of carbonyl (C=O) groups is 1. The number of hydrogen-bond acceptors (Lipinski definition) is 2. The summed E-state index contributed by atoms with van der Waals surface area (Å²) in [6.45, 7) is 0. The third-order valence-corrected chi connectivity index (χ3v) is 1.30. The van der Waals surface area contributed by atoms with E-state index in [0.717, 1.165) is 18.2 Å². The number of benzene rings is 1. The van der Waals surface area contributed by atoms with Gasteiger partial charge in [0.15, 0.2) is 0 Å². The van der Waals surface area contributed by atoms with Gasteiger partial charge in [0, 0.05) is 6.07 Å². The average Bonchev–Trinajstić information content (AvgIpc) is 2.08. The van der Waals surface area contributed by atoms with Crippen molar-refractivity contribution in [3.05, 3.63) is 29.8 Å². The van der Waals surface area contributed by atoms with E-state index in [0.29, 0.717) is 5.01 Å². The Morgan fingerprint density at radius 1 is 1.42 bits per heavy atom. The van der Waals surface area contributed by atoms with Crippen molar-refractivity contribution in [3.63, 3.8) is 0 Å². The van der Waals surface area contributed by atoms with Crippen molar-refractivity contribution in [2.24, 2.45) is 5.84 Å². The summed E-state index contributed by atoms with van der Waals surface area (Å²) in [5.74, 6) is 3.63. The molecule has 64 valence electrons. The summed E-state index contributed by atoms with van der Waals surface area (Å²) in [6, 6.07) is 2.68.